The Bertz CT molecular complexity index is 1890. The van der Waals surface area contributed by atoms with E-state index in [0.29, 0.717) is 17.8 Å². The van der Waals surface area contributed by atoms with Gasteiger partial charge in [-0.3, -0.25) is 14.6 Å². The van der Waals surface area contributed by atoms with Crippen molar-refractivity contribution in [1.29, 1.82) is 0 Å². The Morgan fingerprint density at radius 3 is 2.56 bits per heavy atom. The van der Waals surface area contributed by atoms with Crippen LogP contribution in [0.4, 0.5) is 33.3 Å². The lowest BCUT2D eigenvalue weighted by Gasteiger charge is -2.19. The van der Waals surface area contributed by atoms with Crippen molar-refractivity contribution < 1.29 is 35.8 Å². The average molecular weight is 635 g/mol. The summed E-state index contributed by atoms with van der Waals surface area (Å²) in [6.07, 6.45) is -0.617. The summed E-state index contributed by atoms with van der Waals surface area (Å²) >= 11 is 6.31. The molecule has 2 heterocycles. The van der Waals surface area contributed by atoms with E-state index >= 15 is 0 Å². The predicted molar refractivity (Wildman–Crippen MR) is 151 cm³/mol. The molecule has 3 aromatic carbocycles. The van der Waals surface area contributed by atoms with Crippen molar-refractivity contribution in [2.24, 2.45) is 4.36 Å². The van der Waals surface area contributed by atoms with Crippen molar-refractivity contribution in [3.05, 3.63) is 123 Å². The Morgan fingerprint density at radius 2 is 1.86 bits per heavy atom. The molecule has 1 aliphatic rings. The van der Waals surface area contributed by atoms with Crippen molar-refractivity contribution in [3.63, 3.8) is 0 Å². The lowest BCUT2D eigenvalue weighted by atomic mass is 9.94. The van der Waals surface area contributed by atoms with Crippen molar-refractivity contribution in [3.8, 4) is 0 Å². The Morgan fingerprint density at radius 1 is 1.09 bits per heavy atom. The SMILES string of the molecule is CS(=O)(Cc1cc(NC(=O)c2cc(F)cc(C(F)(F)F)c2)c2c(c1)C(=O)NC2c1cc(F)ccc1Cl)=Nc1cccnc1. The van der Waals surface area contributed by atoms with Crippen LogP contribution in [0.5, 0.6) is 0 Å². The molecular formula is C29H20ClF5N4O3S. The average Bonchev–Trinajstić information content (AvgIpc) is 3.25. The number of aromatic nitrogens is 1. The van der Waals surface area contributed by atoms with Gasteiger partial charge in [0.25, 0.3) is 11.8 Å². The van der Waals surface area contributed by atoms with E-state index in [-0.39, 0.29) is 44.8 Å². The molecule has 0 aliphatic carbocycles. The highest BCUT2D eigenvalue weighted by Gasteiger charge is 2.36. The van der Waals surface area contributed by atoms with E-state index in [0.717, 1.165) is 12.1 Å². The van der Waals surface area contributed by atoms with Crippen molar-refractivity contribution in [2.45, 2.75) is 18.0 Å². The number of carbonyl (C=O) groups excluding carboxylic acids is 2. The summed E-state index contributed by atoms with van der Waals surface area (Å²) in [4.78, 5) is 30.3. The predicted octanol–water partition coefficient (Wildman–Crippen LogP) is 7.05. The number of hydrogen-bond donors (Lipinski definition) is 2. The van der Waals surface area contributed by atoms with Crippen LogP contribution in [0.1, 0.15) is 49.0 Å². The molecule has 2 N–H and O–H groups in total. The van der Waals surface area contributed by atoms with Gasteiger partial charge in [-0.05, 0) is 66.2 Å². The Labute approximate surface area is 247 Å². The molecule has 2 unspecified atom stereocenters. The number of pyridine rings is 1. The molecule has 14 heteroatoms. The van der Waals surface area contributed by atoms with Gasteiger partial charge in [0.1, 0.15) is 11.6 Å². The first-order valence-electron chi connectivity index (χ1n) is 12.4. The number of rotatable bonds is 6. The molecule has 222 valence electrons. The molecule has 2 amide bonds. The highest BCUT2D eigenvalue weighted by atomic mass is 35.5. The fourth-order valence-corrected chi connectivity index (χ4v) is 6.33. The van der Waals surface area contributed by atoms with Gasteiger partial charge >= 0.3 is 6.18 Å². The zero-order chi connectivity index (χ0) is 31.1. The normalized spacial score (nSPS) is 15.8. The lowest BCUT2D eigenvalue weighted by molar-refractivity contribution is -0.137. The first-order chi connectivity index (χ1) is 20.2. The van der Waals surface area contributed by atoms with Gasteiger partial charge in [-0.15, -0.1) is 0 Å². The third-order valence-corrected chi connectivity index (χ3v) is 8.24. The maximum atomic E-state index is 14.2. The minimum Gasteiger partial charge on any atom is -0.341 e. The molecule has 1 aromatic heterocycles. The van der Waals surface area contributed by atoms with Crippen LogP contribution in [-0.2, 0) is 21.7 Å². The largest absolute Gasteiger partial charge is 0.416 e. The van der Waals surface area contributed by atoms with Gasteiger partial charge in [-0.1, -0.05) is 11.6 Å². The fourth-order valence-electron chi connectivity index (χ4n) is 4.70. The maximum absolute atomic E-state index is 14.2. The van der Waals surface area contributed by atoms with Crippen LogP contribution >= 0.6 is 11.6 Å². The highest BCUT2D eigenvalue weighted by molar-refractivity contribution is 7.92. The molecule has 5 rings (SSSR count). The first kappa shape index (κ1) is 30.1. The summed E-state index contributed by atoms with van der Waals surface area (Å²) in [5.74, 6) is -3.90. The summed E-state index contributed by atoms with van der Waals surface area (Å²) in [5.41, 5.74) is -1.17. The van der Waals surface area contributed by atoms with Crippen LogP contribution in [0.15, 0.2) is 77.4 Å². The number of carbonyl (C=O) groups is 2. The molecule has 4 aromatic rings. The summed E-state index contributed by atoms with van der Waals surface area (Å²) in [6, 6.07) is 9.79. The van der Waals surface area contributed by atoms with Crippen LogP contribution in [0.2, 0.25) is 5.02 Å². The number of nitrogens with one attached hydrogen (secondary N) is 2. The number of hydrogen-bond acceptors (Lipinski definition) is 5. The van der Waals surface area contributed by atoms with Gasteiger partial charge < -0.3 is 10.6 Å². The van der Waals surface area contributed by atoms with Gasteiger partial charge in [0.15, 0.2) is 0 Å². The van der Waals surface area contributed by atoms with Crippen molar-refractivity contribution in [1.82, 2.24) is 10.3 Å². The number of fused-ring (bicyclic) bond motifs is 1. The molecule has 1 aliphatic heterocycles. The topological polar surface area (TPSA) is 101 Å². The zero-order valence-corrected chi connectivity index (χ0v) is 23.6. The van der Waals surface area contributed by atoms with E-state index in [1.165, 1.54) is 36.8 Å². The van der Waals surface area contributed by atoms with Crippen LogP contribution in [-0.4, -0.2) is 27.3 Å². The molecule has 0 saturated carbocycles. The molecule has 0 saturated heterocycles. The third-order valence-electron chi connectivity index (χ3n) is 6.43. The Balaban J connectivity index is 1.63. The van der Waals surface area contributed by atoms with E-state index in [9.17, 15) is 35.8 Å². The third kappa shape index (κ3) is 6.67. The molecule has 2 atom stereocenters. The molecule has 0 spiro atoms. The fraction of sp³-hybridized carbons (Fsp3) is 0.138. The number of alkyl halides is 3. The molecular weight excluding hydrogens is 615 g/mol. The van der Waals surface area contributed by atoms with E-state index in [4.69, 9.17) is 11.6 Å². The van der Waals surface area contributed by atoms with Gasteiger partial charge in [0, 0.05) is 45.4 Å². The second-order valence-corrected chi connectivity index (χ2v) is 12.6. The number of benzene rings is 3. The Hall–Kier alpha value is -4.36. The van der Waals surface area contributed by atoms with E-state index < -0.39 is 56.5 Å². The molecule has 0 radical (unpaired) electrons. The van der Waals surface area contributed by atoms with Crippen molar-refractivity contribution in [2.75, 3.05) is 11.6 Å². The summed E-state index contributed by atoms with van der Waals surface area (Å²) in [6.45, 7) is 0. The second-order valence-electron chi connectivity index (χ2n) is 9.76. The molecule has 7 nitrogen and oxygen atoms in total. The monoisotopic (exact) mass is 634 g/mol. The zero-order valence-electron chi connectivity index (χ0n) is 22.0. The standard InChI is InChI=1S/C29H20ClF5N4O3S/c1-43(42,39-20-3-2-6-36-13-20)14-15-7-22-25(26(38-28(22)41)21-12-18(31)4-5-23(21)30)24(8-15)37-27(40)16-9-17(29(33,34)35)11-19(32)10-16/h2-13,26H,14H2,1H3,(H,37,40)(H,38,41). The van der Waals surface area contributed by atoms with Gasteiger partial charge in [-0.25, -0.2) is 13.0 Å². The smallest absolute Gasteiger partial charge is 0.341 e. The number of amides is 2. The van der Waals surface area contributed by atoms with Gasteiger partial charge in [-0.2, -0.15) is 17.5 Å². The van der Waals surface area contributed by atoms with E-state index in [1.54, 1.807) is 12.1 Å². The summed E-state index contributed by atoms with van der Waals surface area (Å²) < 4.78 is 85.9. The molecule has 0 bridgehead atoms. The molecule has 0 fully saturated rings. The van der Waals surface area contributed by atoms with E-state index in [2.05, 4.69) is 20.0 Å². The van der Waals surface area contributed by atoms with Gasteiger partial charge in [0.05, 0.1) is 39.0 Å². The van der Waals surface area contributed by atoms with Crippen LogP contribution < -0.4 is 10.6 Å². The second kappa shape index (κ2) is 11.4. The van der Waals surface area contributed by atoms with Crippen LogP contribution in [0, 0.1) is 11.6 Å². The van der Waals surface area contributed by atoms with Crippen molar-refractivity contribution >= 4 is 44.5 Å². The van der Waals surface area contributed by atoms with Gasteiger partial charge in [0.2, 0.25) is 0 Å². The first-order valence-corrected chi connectivity index (χ1v) is 14.9. The lowest BCUT2D eigenvalue weighted by Crippen LogP contribution is -2.21. The van der Waals surface area contributed by atoms with E-state index in [1.807, 2.05) is 0 Å². The highest BCUT2D eigenvalue weighted by Crippen LogP contribution is 2.41. The summed E-state index contributed by atoms with van der Waals surface area (Å²) in [5, 5.41) is 5.22. The number of halogens is 6. The number of nitrogens with zero attached hydrogens (tertiary/aromatic N) is 2. The molecule has 43 heavy (non-hydrogen) atoms. The number of anilines is 1. The minimum absolute atomic E-state index is 0.0185. The maximum Gasteiger partial charge on any atom is 0.416 e. The van der Waals surface area contributed by atoms with Crippen LogP contribution in [0.25, 0.3) is 0 Å². The summed E-state index contributed by atoms with van der Waals surface area (Å²) in [7, 11) is -2.98. The Kier molecular flexibility index (Phi) is 7.97. The minimum atomic E-state index is -4.92. The quantitative estimate of drug-likeness (QED) is 0.222. The van der Waals surface area contributed by atoms with Crippen LogP contribution in [0.3, 0.4) is 0 Å².